The summed E-state index contributed by atoms with van der Waals surface area (Å²) in [7, 11) is 1.67. The first-order valence-electron chi connectivity index (χ1n) is 9.54. The molecule has 3 rings (SSSR count). The summed E-state index contributed by atoms with van der Waals surface area (Å²) in [5.41, 5.74) is 2.28. The van der Waals surface area contributed by atoms with E-state index in [0.29, 0.717) is 13.1 Å². The number of carbonyl (C=O) groups excluding carboxylic acids is 1. The fourth-order valence-corrected chi connectivity index (χ4v) is 3.39. The van der Waals surface area contributed by atoms with Gasteiger partial charge in [-0.2, -0.15) is 0 Å². The van der Waals surface area contributed by atoms with Gasteiger partial charge >= 0.3 is 0 Å². The van der Waals surface area contributed by atoms with Crippen molar-refractivity contribution in [1.29, 1.82) is 0 Å². The van der Waals surface area contributed by atoms with E-state index in [1.165, 1.54) is 0 Å². The van der Waals surface area contributed by atoms with Gasteiger partial charge in [-0.15, -0.1) is 0 Å². The molecule has 0 aliphatic carbocycles. The minimum atomic E-state index is -0.481. The van der Waals surface area contributed by atoms with Gasteiger partial charge in [0.05, 0.1) is 7.11 Å². The Morgan fingerprint density at radius 1 is 1.04 bits per heavy atom. The highest BCUT2D eigenvalue weighted by atomic mass is 16.5. The summed E-state index contributed by atoms with van der Waals surface area (Å²) in [5.74, 6) is 1.71. The molecule has 2 aromatic carbocycles. The fourth-order valence-electron chi connectivity index (χ4n) is 3.39. The number of ether oxygens (including phenoxy) is 2. The molecule has 1 aliphatic heterocycles. The SMILES string of the molecule is CCc1ccccc1O[C@H](C)C(=O)N1CCN(c2ccc(OC)cc2)CC1. The summed E-state index contributed by atoms with van der Waals surface area (Å²) in [6, 6.07) is 16.0. The zero-order chi connectivity index (χ0) is 19.2. The number of aryl methyl sites for hydroxylation is 1. The van der Waals surface area contributed by atoms with E-state index in [9.17, 15) is 4.79 Å². The molecule has 0 unspecified atom stereocenters. The number of nitrogens with zero attached hydrogens (tertiary/aromatic N) is 2. The molecule has 0 saturated carbocycles. The van der Waals surface area contributed by atoms with E-state index in [-0.39, 0.29) is 5.91 Å². The van der Waals surface area contributed by atoms with E-state index in [1.807, 2.05) is 48.2 Å². The van der Waals surface area contributed by atoms with Gasteiger partial charge in [0.25, 0.3) is 5.91 Å². The zero-order valence-corrected chi connectivity index (χ0v) is 16.4. The Morgan fingerprint density at radius 3 is 2.33 bits per heavy atom. The quantitative estimate of drug-likeness (QED) is 0.784. The van der Waals surface area contributed by atoms with Gasteiger partial charge in [-0.25, -0.2) is 0 Å². The summed E-state index contributed by atoms with van der Waals surface area (Å²) in [6.07, 6.45) is 0.405. The molecular formula is C22H28N2O3. The van der Waals surface area contributed by atoms with Crippen LogP contribution in [0, 0.1) is 0 Å². The highest BCUT2D eigenvalue weighted by molar-refractivity contribution is 5.81. The second-order valence-corrected chi connectivity index (χ2v) is 6.73. The van der Waals surface area contributed by atoms with E-state index < -0.39 is 6.10 Å². The van der Waals surface area contributed by atoms with Crippen molar-refractivity contribution in [3.8, 4) is 11.5 Å². The van der Waals surface area contributed by atoms with Crippen LogP contribution in [0.2, 0.25) is 0 Å². The van der Waals surface area contributed by atoms with Gasteiger partial charge in [0.2, 0.25) is 0 Å². The van der Waals surface area contributed by atoms with Crippen molar-refractivity contribution in [1.82, 2.24) is 4.90 Å². The fraction of sp³-hybridized carbons (Fsp3) is 0.409. The van der Waals surface area contributed by atoms with E-state index in [2.05, 4.69) is 24.0 Å². The maximum absolute atomic E-state index is 12.8. The van der Waals surface area contributed by atoms with Crippen LogP contribution in [0.3, 0.4) is 0 Å². The molecule has 5 heteroatoms. The molecule has 1 saturated heterocycles. The molecule has 0 spiro atoms. The summed E-state index contributed by atoms with van der Waals surface area (Å²) >= 11 is 0. The Labute approximate surface area is 161 Å². The molecule has 1 fully saturated rings. The maximum atomic E-state index is 12.8. The molecule has 1 aliphatic rings. The number of hydrogen-bond donors (Lipinski definition) is 0. The molecule has 0 bridgehead atoms. The number of anilines is 1. The third kappa shape index (κ3) is 4.54. The van der Waals surface area contributed by atoms with Gasteiger partial charge in [0, 0.05) is 31.9 Å². The van der Waals surface area contributed by atoms with Crippen molar-refractivity contribution in [3.05, 3.63) is 54.1 Å². The van der Waals surface area contributed by atoms with Crippen molar-refractivity contribution >= 4 is 11.6 Å². The van der Waals surface area contributed by atoms with Gasteiger partial charge in [-0.3, -0.25) is 4.79 Å². The van der Waals surface area contributed by atoms with E-state index in [1.54, 1.807) is 7.11 Å². The van der Waals surface area contributed by atoms with Crippen LogP contribution in [0.15, 0.2) is 48.5 Å². The lowest BCUT2D eigenvalue weighted by Gasteiger charge is -2.37. The molecule has 2 aromatic rings. The smallest absolute Gasteiger partial charge is 0.263 e. The Morgan fingerprint density at radius 2 is 1.70 bits per heavy atom. The van der Waals surface area contributed by atoms with Crippen LogP contribution in [0.25, 0.3) is 0 Å². The molecule has 0 radical (unpaired) electrons. The predicted molar refractivity (Wildman–Crippen MR) is 108 cm³/mol. The van der Waals surface area contributed by atoms with Crippen molar-refractivity contribution in [3.63, 3.8) is 0 Å². The van der Waals surface area contributed by atoms with Gasteiger partial charge in [0.15, 0.2) is 6.10 Å². The number of piperazine rings is 1. The molecule has 1 heterocycles. The molecule has 5 nitrogen and oxygen atoms in total. The van der Waals surface area contributed by atoms with Crippen molar-refractivity contribution in [2.24, 2.45) is 0 Å². The van der Waals surface area contributed by atoms with Crippen LogP contribution < -0.4 is 14.4 Å². The highest BCUT2D eigenvalue weighted by Gasteiger charge is 2.26. The summed E-state index contributed by atoms with van der Waals surface area (Å²) in [5, 5.41) is 0. The lowest BCUT2D eigenvalue weighted by Crippen LogP contribution is -2.52. The average molecular weight is 368 g/mol. The van der Waals surface area contributed by atoms with Crippen LogP contribution in [0.1, 0.15) is 19.4 Å². The molecule has 0 aromatic heterocycles. The van der Waals surface area contributed by atoms with Crippen LogP contribution >= 0.6 is 0 Å². The zero-order valence-electron chi connectivity index (χ0n) is 16.4. The van der Waals surface area contributed by atoms with Crippen molar-refractivity contribution in [2.75, 3.05) is 38.2 Å². The minimum Gasteiger partial charge on any atom is -0.497 e. The van der Waals surface area contributed by atoms with Gasteiger partial charge in [-0.1, -0.05) is 25.1 Å². The number of amides is 1. The number of rotatable bonds is 6. The van der Waals surface area contributed by atoms with Gasteiger partial charge < -0.3 is 19.3 Å². The normalized spacial score (nSPS) is 15.4. The van der Waals surface area contributed by atoms with E-state index >= 15 is 0 Å². The third-order valence-corrected chi connectivity index (χ3v) is 5.03. The van der Waals surface area contributed by atoms with Crippen LogP contribution in [-0.2, 0) is 11.2 Å². The third-order valence-electron chi connectivity index (χ3n) is 5.03. The molecule has 1 amide bonds. The van der Waals surface area contributed by atoms with Crippen molar-refractivity contribution < 1.29 is 14.3 Å². The maximum Gasteiger partial charge on any atom is 0.263 e. The molecular weight excluding hydrogens is 340 g/mol. The summed E-state index contributed by atoms with van der Waals surface area (Å²) in [6.45, 7) is 6.96. The molecule has 1 atom stereocenters. The largest absolute Gasteiger partial charge is 0.497 e. The number of para-hydroxylation sites is 1. The van der Waals surface area contributed by atoms with Gasteiger partial charge in [-0.05, 0) is 49.2 Å². The molecule has 0 N–H and O–H groups in total. The van der Waals surface area contributed by atoms with E-state index in [4.69, 9.17) is 9.47 Å². The predicted octanol–water partition coefficient (Wildman–Crippen LogP) is 3.37. The average Bonchev–Trinajstić information content (AvgIpc) is 2.73. The number of benzene rings is 2. The summed E-state index contributed by atoms with van der Waals surface area (Å²) in [4.78, 5) is 17.0. The first-order valence-corrected chi connectivity index (χ1v) is 9.54. The lowest BCUT2D eigenvalue weighted by molar-refractivity contribution is -0.138. The first-order chi connectivity index (χ1) is 13.1. The van der Waals surface area contributed by atoms with Gasteiger partial charge in [0.1, 0.15) is 11.5 Å². The highest BCUT2D eigenvalue weighted by Crippen LogP contribution is 2.22. The standard InChI is InChI=1S/C22H28N2O3/c1-4-18-7-5-6-8-21(18)27-17(2)22(25)24-15-13-23(14-16-24)19-9-11-20(26-3)12-10-19/h5-12,17H,4,13-16H2,1-3H3/t17-/m1/s1. The monoisotopic (exact) mass is 368 g/mol. The van der Waals surface area contributed by atoms with E-state index in [0.717, 1.165) is 42.3 Å². The second-order valence-electron chi connectivity index (χ2n) is 6.73. The minimum absolute atomic E-state index is 0.0512. The Bertz CT molecular complexity index is 752. The molecule has 27 heavy (non-hydrogen) atoms. The molecule has 144 valence electrons. The number of methoxy groups -OCH3 is 1. The number of hydrogen-bond acceptors (Lipinski definition) is 4. The van der Waals surface area contributed by atoms with Crippen LogP contribution in [-0.4, -0.2) is 50.2 Å². The van der Waals surface area contributed by atoms with Crippen molar-refractivity contribution in [2.45, 2.75) is 26.4 Å². The lowest BCUT2D eigenvalue weighted by atomic mass is 10.1. The topological polar surface area (TPSA) is 42.0 Å². The summed E-state index contributed by atoms with van der Waals surface area (Å²) < 4.78 is 11.2. The second kappa shape index (κ2) is 8.80. The Balaban J connectivity index is 1.55. The number of carbonyl (C=O) groups is 1. The van der Waals surface area contributed by atoms with Crippen LogP contribution in [0.4, 0.5) is 5.69 Å². The first kappa shape index (κ1) is 19.1. The Kier molecular flexibility index (Phi) is 6.22. The Hall–Kier alpha value is -2.69. The van der Waals surface area contributed by atoms with Crippen LogP contribution in [0.5, 0.6) is 11.5 Å².